The minimum Gasteiger partial charge on any atom is -0.444 e. The Kier molecular flexibility index (Phi) is 10.7. The number of aliphatic hydroxyl groups is 1. The molecule has 0 aliphatic carbocycles. The van der Waals surface area contributed by atoms with Crippen molar-refractivity contribution in [2.75, 3.05) is 19.6 Å². The summed E-state index contributed by atoms with van der Waals surface area (Å²) in [6.45, 7) is 11.5. The first-order chi connectivity index (χ1) is 18.0. The molecule has 3 atom stereocenters. The molecule has 0 bridgehead atoms. The van der Waals surface area contributed by atoms with Crippen molar-refractivity contribution >= 4 is 12.0 Å². The van der Waals surface area contributed by atoms with E-state index in [1.807, 2.05) is 32.0 Å². The fraction of sp³-hybridized carbons (Fsp3) is 0.567. The maximum absolute atomic E-state index is 13.1. The molecule has 38 heavy (non-hydrogen) atoms. The highest BCUT2D eigenvalue weighted by molar-refractivity contribution is 5.86. The van der Waals surface area contributed by atoms with Crippen LogP contribution in [0.3, 0.4) is 0 Å². The fourth-order valence-corrected chi connectivity index (χ4v) is 4.72. The number of rotatable bonds is 9. The second kappa shape index (κ2) is 13.7. The Labute approximate surface area is 227 Å². The lowest BCUT2D eigenvalue weighted by Gasteiger charge is -2.28. The van der Waals surface area contributed by atoms with Crippen LogP contribution in [-0.2, 0) is 16.0 Å². The van der Waals surface area contributed by atoms with Gasteiger partial charge in [-0.05, 0) is 82.7 Å². The van der Waals surface area contributed by atoms with Gasteiger partial charge in [-0.15, -0.1) is 0 Å². The van der Waals surface area contributed by atoms with Crippen LogP contribution in [0.2, 0.25) is 0 Å². The standard InChI is InChI=1S/C30H44N4O4/c1-21(2)18-26(33-29(37)38-30(3,4)5)28(36)32-25-13-9-16-34(20-27(25)35)17-14-22-10-8-11-23(19-22)24-12-6-7-15-31-24/h6-8,10-12,15,19,21,25-27,35H,9,13-14,16-18,20H2,1-5H3,(H,32,36)(H,33,37)/t25?,26?,27-/m0/s1. The van der Waals surface area contributed by atoms with E-state index in [-0.39, 0.29) is 17.9 Å². The number of amides is 2. The zero-order valence-corrected chi connectivity index (χ0v) is 23.4. The molecule has 2 amide bonds. The average Bonchev–Trinajstić information content (AvgIpc) is 3.02. The average molecular weight is 525 g/mol. The number of benzene rings is 1. The highest BCUT2D eigenvalue weighted by atomic mass is 16.6. The Morgan fingerprint density at radius 2 is 1.97 bits per heavy atom. The molecular weight excluding hydrogens is 480 g/mol. The number of nitrogens with zero attached hydrogens (tertiary/aromatic N) is 2. The fourth-order valence-electron chi connectivity index (χ4n) is 4.72. The first-order valence-electron chi connectivity index (χ1n) is 13.7. The number of hydrogen-bond acceptors (Lipinski definition) is 6. The molecule has 8 nitrogen and oxygen atoms in total. The number of aromatic nitrogens is 1. The van der Waals surface area contributed by atoms with E-state index in [0.29, 0.717) is 19.4 Å². The Bertz CT molecular complexity index is 1040. The van der Waals surface area contributed by atoms with E-state index >= 15 is 0 Å². The Hall–Kier alpha value is -2.97. The van der Waals surface area contributed by atoms with Crippen molar-refractivity contribution < 1.29 is 19.4 Å². The number of carbonyl (C=O) groups is 2. The lowest BCUT2D eigenvalue weighted by atomic mass is 10.0. The third-order valence-corrected chi connectivity index (χ3v) is 6.55. The van der Waals surface area contributed by atoms with E-state index in [1.165, 1.54) is 5.56 Å². The summed E-state index contributed by atoms with van der Waals surface area (Å²) < 4.78 is 5.35. The van der Waals surface area contributed by atoms with Crippen molar-refractivity contribution in [3.8, 4) is 11.3 Å². The van der Waals surface area contributed by atoms with Crippen LogP contribution in [0.4, 0.5) is 4.79 Å². The molecule has 1 aromatic carbocycles. The number of likely N-dealkylation sites (tertiary alicyclic amines) is 1. The van der Waals surface area contributed by atoms with Crippen LogP contribution in [0, 0.1) is 5.92 Å². The van der Waals surface area contributed by atoms with Crippen LogP contribution < -0.4 is 10.6 Å². The second-order valence-electron chi connectivity index (χ2n) is 11.6. The number of aliphatic hydroxyl groups excluding tert-OH is 1. The molecule has 0 saturated carbocycles. The highest BCUT2D eigenvalue weighted by Crippen LogP contribution is 2.19. The van der Waals surface area contributed by atoms with E-state index in [4.69, 9.17) is 4.74 Å². The molecule has 3 N–H and O–H groups in total. The highest BCUT2D eigenvalue weighted by Gasteiger charge is 2.31. The zero-order chi connectivity index (χ0) is 27.7. The van der Waals surface area contributed by atoms with E-state index < -0.39 is 23.8 Å². The van der Waals surface area contributed by atoms with E-state index in [0.717, 1.165) is 37.2 Å². The smallest absolute Gasteiger partial charge is 0.408 e. The van der Waals surface area contributed by atoms with Crippen molar-refractivity contribution in [3.63, 3.8) is 0 Å². The minimum atomic E-state index is -0.720. The topological polar surface area (TPSA) is 104 Å². The molecular formula is C30H44N4O4. The largest absolute Gasteiger partial charge is 0.444 e. The number of pyridine rings is 1. The predicted molar refractivity (Wildman–Crippen MR) is 150 cm³/mol. The van der Waals surface area contributed by atoms with Gasteiger partial charge in [-0.1, -0.05) is 38.1 Å². The summed E-state index contributed by atoms with van der Waals surface area (Å²) in [6.07, 6.45) is 3.39. The molecule has 1 aliphatic rings. The van der Waals surface area contributed by atoms with Gasteiger partial charge in [-0.3, -0.25) is 9.78 Å². The summed E-state index contributed by atoms with van der Waals surface area (Å²) in [7, 11) is 0. The van der Waals surface area contributed by atoms with E-state index in [9.17, 15) is 14.7 Å². The van der Waals surface area contributed by atoms with E-state index in [1.54, 1.807) is 27.0 Å². The van der Waals surface area contributed by atoms with Crippen LogP contribution in [-0.4, -0.2) is 70.4 Å². The lowest BCUT2D eigenvalue weighted by molar-refractivity contribution is -0.125. The van der Waals surface area contributed by atoms with Gasteiger partial charge in [0.1, 0.15) is 11.6 Å². The zero-order valence-electron chi connectivity index (χ0n) is 23.4. The van der Waals surface area contributed by atoms with Crippen LogP contribution in [0.5, 0.6) is 0 Å². The van der Waals surface area contributed by atoms with Crippen LogP contribution in [0.1, 0.15) is 59.4 Å². The molecule has 1 aromatic heterocycles. The first-order valence-corrected chi connectivity index (χ1v) is 13.7. The van der Waals surface area contributed by atoms with Gasteiger partial charge in [-0.2, -0.15) is 0 Å². The van der Waals surface area contributed by atoms with Gasteiger partial charge in [0.25, 0.3) is 0 Å². The quantitative estimate of drug-likeness (QED) is 0.455. The van der Waals surface area contributed by atoms with E-state index in [2.05, 4.69) is 44.8 Å². The number of hydrogen-bond donors (Lipinski definition) is 3. The van der Waals surface area contributed by atoms with Crippen molar-refractivity contribution in [1.82, 2.24) is 20.5 Å². The monoisotopic (exact) mass is 524 g/mol. The van der Waals surface area contributed by atoms with Gasteiger partial charge >= 0.3 is 6.09 Å². The summed E-state index contributed by atoms with van der Waals surface area (Å²) in [5.41, 5.74) is 2.62. The number of nitrogens with one attached hydrogen (secondary N) is 2. The summed E-state index contributed by atoms with van der Waals surface area (Å²) >= 11 is 0. The molecule has 3 rings (SSSR count). The number of β-amino-alcohol motifs (C(OH)–C–C–N with tert-alkyl or cyclic N) is 1. The summed E-state index contributed by atoms with van der Waals surface area (Å²) in [4.78, 5) is 32.2. The Morgan fingerprint density at radius 3 is 2.66 bits per heavy atom. The van der Waals surface area contributed by atoms with Crippen LogP contribution in [0.15, 0.2) is 48.7 Å². The molecule has 2 aromatic rings. The maximum Gasteiger partial charge on any atom is 0.408 e. The third kappa shape index (κ3) is 9.72. The van der Waals surface area contributed by atoms with Crippen molar-refractivity contribution in [2.24, 2.45) is 5.92 Å². The molecule has 1 fully saturated rings. The van der Waals surface area contributed by atoms with Gasteiger partial charge in [0.15, 0.2) is 0 Å². The predicted octanol–water partition coefficient (Wildman–Crippen LogP) is 4.17. The molecule has 2 unspecified atom stereocenters. The van der Waals surface area contributed by atoms with Crippen LogP contribution >= 0.6 is 0 Å². The molecule has 2 heterocycles. The molecule has 208 valence electrons. The lowest BCUT2D eigenvalue weighted by Crippen LogP contribution is -2.54. The third-order valence-electron chi connectivity index (χ3n) is 6.55. The van der Waals surface area contributed by atoms with Gasteiger partial charge < -0.3 is 25.4 Å². The van der Waals surface area contributed by atoms with Gasteiger partial charge in [-0.25, -0.2) is 4.79 Å². The number of carbonyl (C=O) groups excluding carboxylic acids is 2. The second-order valence-corrected chi connectivity index (χ2v) is 11.6. The normalized spacial score (nSPS) is 19.4. The first kappa shape index (κ1) is 29.6. The molecule has 0 spiro atoms. The van der Waals surface area contributed by atoms with Gasteiger partial charge in [0.2, 0.25) is 5.91 Å². The van der Waals surface area contributed by atoms with Crippen LogP contribution in [0.25, 0.3) is 11.3 Å². The van der Waals surface area contributed by atoms with Gasteiger partial charge in [0.05, 0.1) is 17.8 Å². The Balaban J connectivity index is 1.55. The molecule has 0 radical (unpaired) electrons. The summed E-state index contributed by atoms with van der Waals surface area (Å²) in [5.74, 6) is -0.0835. The minimum absolute atomic E-state index is 0.200. The molecule has 8 heteroatoms. The van der Waals surface area contributed by atoms with Crippen molar-refractivity contribution in [3.05, 3.63) is 54.2 Å². The number of ether oxygens (including phenoxy) is 1. The SMILES string of the molecule is CC(C)CC(NC(=O)OC(C)(C)C)C(=O)NC1CCCN(CCc2cccc(-c3ccccn3)c2)C[C@@H]1O. The van der Waals surface area contributed by atoms with Crippen molar-refractivity contribution in [2.45, 2.75) is 84.1 Å². The summed E-state index contributed by atoms with van der Waals surface area (Å²) in [5, 5.41) is 16.7. The summed E-state index contributed by atoms with van der Waals surface area (Å²) in [6, 6.07) is 13.2. The number of alkyl carbamates (subject to hydrolysis) is 1. The maximum atomic E-state index is 13.1. The van der Waals surface area contributed by atoms with Crippen molar-refractivity contribution in [1.29, 1.82) is 0 Å². The molecule has 1 saturated heterocycles. The molecule has 1 aliphatic heterocycles. The Morgan fingerprint density at radius 1 is 1.18 bits per heavy atom. The van der Waals surface area contributed by atoms with Gasteiger partial charge in [0, 0.05) is 24.8 Å².